The lowest BCUT2D eigenvalue weighted by Crippen LogP contribution is -2.51. The number of ketones is 3. The van der Waals surface area contributed by atoms with Crippen LogP contribution in [0.3, 0.4) is 0 Å². The third-order valence-corrected chi connectivity index (χ3v) is 22.9. The average molecular weight is 1800 g/mol. The van der Waals surface area contributed by atoms with Gasteiger partial charge in [0.2, 0.25) is 0 Å². The smallest absolute Gasteiger partial charge is 0.272 e. The van der Waals surface area contributed by atoms with Crippen LogP contribution in [0.5, 0.6) is 46.0 Å². The number of carbonyl (C=O) groups excluding carboxylic acids is 6. The molecule has 6 heterocycles. The molecular weight excluding hydrogens is 1690 g/mol. The maximum atomic E-state index is 13.6. The highest BCUT2D eigenvalue weighted by Gasteiger charge is 2.34. The monoisotopic (exact) mass is 1800 g/mol. The predicted molar refractivity (Wildman–Crippen MR) is 477 cm³/mol. The highest BCUT2D eigenvalue weighted by Crippen LogP contribution is 2.34. The Kier molecular flexibility index (Phi) is 36.9. The number of ether oxygens (including phenoxy) is 8. The number of nitrogens with zero attached hydrogens (tertiary/aromatic N) is 5. The number of benzene rings is 8. The number of fused-ring (bicyclic) bond motifs is 2. The maximum absolute atomic E-state index is 13.6. The molecule has 6 aliphatic heterocycles. The molecule has 668 valence electrons. The largest absolute Gasteiger partial charge is 0.493 e. The molecule has 0 bridgehead atoms. The van der Waals surface area contributed by atoms with Crippen LogP contribution in [0.15, 0.2) is 169 Å². The Morgan fingerprint density at radius 1 is 0.472 bits per heavy atom. The number of halogens is 7. The number of rotatable bonds is 32. The van der Waals surface area contributed by atoms with Crippen molar-refractivity contribution >= 4 is 93.0 Å². The van der Waals surface area contributed by atoms with E-state index in [1.807, 2.05) is 84.4 Å². The molecule has 8 aromatic rings. The zero-order valence-electron chi connectivity index (χ0n) is 70.7. The molecule has 6 aliphatic rings. The van der Waals surface area contributed by atoms with Gasteiger partial charge in [0.05, 0.1) is 43.0 Å². The van der Waals surface area contributed by atoms with Crippen LogP contribution in [0, 0.1) is 51.1 Å². The van der Waals surface area contributed by atoms with Gasteiger partial charge in [-0.2, -0.15) is 0 Å². The Balaban J connectivity index is 0.000000162. The van der Waals surface area contributed by atoms with Gasteiger partial charge in [-0.3, -0.25) is 49.0 Å². The first kappa shape index (κ1) is 95.3. The first-order valence-electron chi connectivity index (χ1n) is 42.2. The summed E-state index contributed by atoms with van der Waals surface area (Å²) in [4.78, 5) is 85.0. The number of hydrogen-bond donors (Lipinski definition) is 5. The van der Waals surface area contributed by atoms with Gasteiger partial charge in [-0.15, -0.1) is 0 Å². The number of aliphatic imine (C=N–C) groups is 1. The van der Waals surface area contributed by atoms with E-state index >= 15 is 0 Å². The minimum absolute atomic E-state index is 0.0276. The quantitative estimate of drug-likeness (QED) is 0.0149. The molecule has 4 fully saturated rings. The maximum Gasteiger partial charge on any atom is 0.272 e. The van der Waals surface area contributed by atoms with Gasteiger partial charge in [-0.1, -0.05) is 93.9 Å². The van der Waals surface area contributed by atoms with Gasteiger partial charge < -0.3 is 64.5 Å². The number of nitrogens with one attached hydrogen (secondary N) is 4. The number of likely N-dealkylation sites (tertiary alicyclic amines) is 3. The summed E-state index contributed by atoms with van der Waals surface area (Å²) < 4.78 is 85.3. The van der Waals surface area contributed by atoms with Crippen molar-refractivity contribution in [2.24, 2.45) is 16.6 Å². The van der Waals surface area contributed by atoms with E-state index in [1.165, 1.54) is 24.3 Å². The minimum atomic E-state index is -0.581. The standard InChI is InChI=1S/C24H28ClFN2O3.C24H28ClN3O4.C23H26ClF2N3O3.C23H27ClN2O4/c1-16-3-5-20(15-21(16)26)30-12-2-9-28-10-7-19(8-11-28)27-24(29)23-14-17-13-18(25)4-6-22(17)31-23;1-16-2-5-20(6-3-16)31-15-19(29)14-28-10-8-18(9-11-28)27-24(30)23-13-26-21-12-17(25)4-7-22(21)32-23;1-15-2-3-18(10-21(15)25)31-13-17(30)12-29-8-6-16(7-9-29)28-23(27)14-32-19-4-5-20(24)22(26)11-19;1-17-2-6-21(7-3-17)29-15-20(27)14-18-10-12-26(13-11-18)25-23(28)16-30-22-8-4-19(24)5-9-22/h3-6,13,15,19,23H,2,7-12,14H2,1H3,(H,27,29);2-7,12,18,23,26H,8-11,13-15H2,1H3,(H,27,30);2-5,10-11,16H,6-9,12-14H2,1H3,(H2,27,28);2-9,18H,10-16H2,1H3,(H,25,28)/t;23-;;/m.0../s1. The van der Waals surface area contributed by atoms with Crippen molar-refractivity contribution < 1.29 is 79.8 Å². The lowest BCUT2D eigenvalue weighted by Gasteiger charge is -2.33. The number of hydrazine groups is 1. The van der Waals surface area contributed by atoms with Gasteiger partial charge in [-0.05, 0) is 217 Å². The van der Waals surface area contributed by atoms with Crippen LogP contribution < -0.4 is 65.0 Å². The second kappa shape index (κ2) is 48.4. The zero-order valence-corrected chi connectivity index (χ0v) is 73.8. The van der Waals surface area contributed by atoms with E-state index in [-0.39, 0.29) is 109 Å². The lowest BCUT2D eigenvalue weighted by atomic mass is 9.92. The number of hydrogen-bond acceptors (Lipinski definition) is 20. The summed E-state index contributed by atoms with van der Waals surface area (Å²) in [6.07, 6.45) is 7.54. The van der Waals surface area contributed by atoms with Crippen molar-refractivity contribution in [2.75, 3.05) is 123 Å². The molecule has 31 heteroatoms. The number of amides is 3. The number of anilines is 1. The first-order valence-corrected chi connectivity index (χ1v) is 43.7. The Morgan fingerprint density at radius 3 is 1.50 bits per heavy atom. The number of carbonyl (C=O) groups is 6. The molecule has 2 atom stereocenters. The summed E-state index contributed by atoms with van der Waals surface area (Å²) in [6.45, 7) is 16.2. The number of nitrogens with two attached hydrogens (primary N) is 1. The molecule has 14 rings (SSSR count). The molecular formula is C94H109Cl4F3N10O14. The van der Waals surface area contributed by atoms with Gasteiger partial charge in [0.25, 0.3) is 17.7 Å². The topological polar surface area (TPSA) is 276 Å². The highest BCUT2D eigenvalue weighted by molar-refractivity contribution is 6.31. The van der Waals surface area contributed by atoms with Crippen LogP contribution in [-0.4, -0.2) is 209 Å². The molecule has 6 N–H and O–H groups in total. The SMILES string of the molecule is Cc1ccc(OCC(=O)CC2CCN(NC(=O)COc3ccc(Cl)cc3)CC2)cc1.Cc1ccc(OCC(=O)CN2CCC(N=C(N)COc3ccc(Cl)c(F)c3)CC2)cc1F.Cc1ccc(OCC(=O)CN2CCC(NC(=O)[C@@H]3CNc4cc(Cl)ccc4O3)CC2)cc1.Cc1ccc(OCCCN2CCC(NC(=O)C3Cc4cc(Cl)ccc4O3)CC2)cc1F. The van der Waals surface area contributed by atoms with Crippen LogP contribution in [0.4, 0.5) is 18.9 Å². The number of piperidine rings is 4. The van der Waals surface area contributed by atoms with Crippen LogP contribution in [0.2, 0.25) is 20.1 Å². The zero-order chi connectivity index (χ0) is 88.7. The molecule has 0 aromatic heterocycles. The van der Waals surface area contributed by atoms with Crippen LogP contribution >= 0.6 is 46.4 Å². The van der Waals surface area contributed by atoms with E-state index in [9.17, 15) is 41.9 Å². The van der Waals surface area contributed by atoms with E-state index in [2.05, 4.69) is 36.2 Å². The summed E-state index contributed by atoms with van der Waals surface area (Å²) in [5.41, 5.74) is 14.0. The summed E-state index contributed by atoms with van der Waals surface area (Å²) in [7, 11) is 0. The fraction of sp³-hybridized carbons (Fsp3) is 0.415. The molecule has 3 amide bonds. The molecule has 0 radical (unpaired) electrons. The van der Waals surface area contributed by atoms with E-state index in [0.717, 1.165) is 119 Å². The van der Waals surface area contributed by atoms with Crippen LogP contribution in [-0.2, 0) is 35.2 Å². The van der Waals surface area contributed by atoms with Gasteiger partial charge >= 0.3 is 0 Å². The minimum Gasteiger partial charge on any atom is -0.493 e. The summed E-state index contributed by atoms with van der Waals surface area (Å²) in [6, 6.07) is 46.9. The number of aryl methyl sites for hydroxylation is 4. The van der Waals surface area contributed by atoms with Crippen LogP contribution in [0.1, 0.15) is 92.0 Å². The Labute approximate surface area is 748 Å². The fourth-order valence-corrected chi connectivity index (χ4v) is 15.3. The van der Waals surface area contributed by atoms with E-state index in [1.54, 1.807) is 92.7 Å². The Bertz CT molecular complexity index is 4850. The molecule has 1 unspecified atom stereocenters. The van der Waals surface area contributed by atoms with Crippen molar-refractivity contribution in [3.63, 3.8) is 0 Å². The number of amidine groups is 1. The summed E-state index contributed by atoms with van der Waals surface area (Å²) in [5.74, 6) is 3.82. The van der Waals surface area contributed by atoms with Crippen LogP contribution in [0.25, 0.3) is 0 Å². The number of Topliss-reactive ketones (excluding diaryl/α,β-unsaturated/α-hetero) is 3. The van der Waals surface area contributed by atoms with Crippen molar-refractivity contribution in [3.05, 3.63) is 229 Å². The molecule has 125 heavy (non-hydrogen) atoms. The molecule has 0 saturated carbocycles. The van der Waals surface area contributed by atoms with Crippen molar-refractivity contribution in [1.82, 2.24) is 35.8 Å². The normalized spacial score (nSPS) is 17.1. The van der Waals surface area contributed by atoms with Gasteiger partial charge in [0.15, 0.2) is 36.2 Å². The molecule has 0 aliphatic carbocycles. The molecule has 8 aromatic carbocycles. The summed E-state index contributed by atoms with van der Waals surface area (Å²) >= 11 is 23.5. The molecule has 4 saturated heterocycles. The molecule has 24 nitrogen and oxygen atoms in total. The highest BCUT2D eigenvalue weighted by atomic mass is 35.5. The van der Waals surface area contributed by atoms with Gasteiger partial charge in [0, 0.05) is 117 Å². The lowest BCUT2D eigenvalue weighted by molar-refractivity contribution is -0.129. The van der Waals surface area contributed by atoms with Crippen molar-refractivity contribution in [2.45, 2.75) is 129 Å². The second-order valence-electron chi connectivity index (χ2n) is 31.9. The molecule has 0 spiro atoms. The Morgan fingerprint density at radius 2 is 0.928 bits per heavy atom. The van der Waals surface area contributed by atoms with Crippen molar-refractivity contribution in [1.29, 1.82) is 0 Å². The summed E-state index contributed by atoms with van der Waals surface area (Å²) in [5, 5.41) is 13.2. The van der Waals surface area contributed by atoms with E-state index in [4.69, 9.17) is 90.0 Å². The van der Waals surface area contributed by atoms with Gasteiger partial charge in [-0.25, -0.2) is 18.2 Å². The first-order chi connectivity index (χ1) is 60.2. The van der Waals surface area contributed by atoms with E-state index in [0.29, 0.717) is 137 Å². The third-order valence-electron chi connectivity index (χ3n) is 21.8. The Hall–Kier alpha value is -10.4. The third kappa shape index (κ3) is 32.2. The van der Waals surface area contributed by atoms with Gasteiger partial charge in [0.1, 0.15) is 95.7 Å². The fourth-order valence-electron chi connectivity index (χ4n) is 14.7. The average Bonchev–Trinajstić information content (AvgIpc) is 1.72. The van der Waals surface area contributed by atoms with Crippen molar-refractivity contribution in [3.8, 4) is 46.0 Å². The predicted octanol–water partition coefficient (Wildman–Crippen LogP) is 14.8. The van der Waals surface area contributed by atoms with E-state index < -0.39 is 18.0 Å². The second-order valence-corrected chi connectivity index (χ2v) is 33.6.